The molecule has 0 saturated carbocycles. The standard InChI is InChI=1S/25Ca.H2O4S.50H/c;;;;;;;;;;;;;;;;;;;;;;;;;1-5(2,3)4;;;;;;;;;;;;;;;;;;;;;;;;;;;;;;;;;;;;;;;;;;;;;;;;;;/h;;;;;;;;;;;;;;;;;;;;;;;;;(H2,1,2,3,4);;;;;;;;;;;;;;;;;;;;;;;;;;;;;;;;;;;;;;;;;;;;;;;;;;. The summed E-state index contributed by atoms with van der Waals surface area (Å²) in [5, 5.41) is 0. The zero-order chi connectivity index (χ0) is 4.50. The van der Waals surface area contributed by atoms with Crippen LogP contribution in [0.3, 0.4) is 0 Å². The van der Waals surface area contributed by atoms with E-state index in [1.54, 1.807) is 0 Å². The van der Waals surface area contributed by atoms with Gasteiger partial charge in [0.25, 0.3) is 0 Å². The van der Waals surface area contributed by atoms with Gasteiger partial charge < -0.3 is 0 Å². The van der Waals surface area contributed by atoms with Gasteiger partial charge in [0.15, 0.2) is 0 Å². The molecule has 0 fully saturated rings. The van der Waals surface area contributed by atoms with Gasteiger partial charge in [0, 0.05) is 0 Å². The van der Waals surface area contributed by atoms with Gasteiger partial charge in [-0.15, -0.1) is 0 Å². The van der Waals surface area contributed by atoms with E-state index in [0.717, 1.165) is 0 Å². The second-order valence-electron chi connectivity index (χ2n) is 0.448. The van der Waals surface area contributed by atoms with Crippen LogP contribution in [0.2, 0.25) is 0 Å². The maximum atomic E-state index is 8.74. The van der Waals surface area contributed by atoms with E-state index in [1.807, 2.05) is 0 Å². The van der Waals surface area contributed by atoms with Crippen molar-refractivity contribution in [2.24, 2.45) is 0 Å². The van der Waals surface area contributed by atoms with Crippen molar-refractivity contribution in [3.63, 3.8) is 0 Å². The van der Waals surface area contributed by atoms with Crippen molar-refractivity contribution in [3.05, 3.63) is 0 Å². The summed E-state index contributed by atoms with van der Waals surface area (Å²) in [4.78, 5) is 0. The molecule has 0 unspecified atom stereocenters. The van der Waals surface area contributed by atoms with Crippen molar-refractivity contribution in [2.75, 3.05) is 0 Å². The van der Waals surface area contributed by atoms with E-state index in [9.17, 15) is 0 Å². The van der Waals surface area contributed by atoms with Crippen LogP contribution in [0, 0.1) is 0 Å². The van der Waals surface area contributed by atoms with Crippen LogP contribution >= 0.6 is 0 Å². The molecule has 0 atom stereocenters. The molecule has 0 bridgehead atoms. The van der Waals surface area contributed by atoms with E-state index < -0.39 is 10.4 Å². The molecule has 0 heterocycles. The fraction of sp³-hybridized carbons (Fsp3) is 0. The second-order valence-corrected chi connectivity index (χ2v) is 1.34. The van der Waals surface area contributed by atoms with Crippen LogP contribution < -0.4 is 0 Å². The van der Waals surface area contributed by atoms with Gasteiger partial charge in [0.05, 0.1) is 0 Å². The first-order chi connectivity index (χ1) is 2.00. The molecule has 0 saturated heterocycles. The fourth-order valence-electron chi connectivity index (χ4n) is 0. The Morgan fingerprint density at radius 1 is 0.233 bits per heavy atom. The SMILES string of the molecule is O=S(=O)(O)O.[CaH2].[CaH2].[CaH2].[CaH2].[CaH2].[CaH2].[CaH2].[CaH2].[CaH2].[CaH2].[CaH2].[CaH2].[CaH2].[CaH2].[CaH2].[CaH2].[CaH2].[CaH2].[CaH2].[CaH2].[CaH2].[CaH2].[CaH2].[CaH2].[CaH2]. The molecule has 0 aromatic carbocycles. The predicted molar refractivity (Wildman–Crippen MR) is 228 cm³/mol. The van der Waals surface area contributed by atoms with Crippen LogP contribution in [-0.4, -0.2) is 961 Å². The molecule has 0 aliphatic rings. The molecule has 30 heteroatoms. The molecule has 0 aliphatic carbocycles. The first kappa shape index (κ1) is 179. The van der Waals surface area contributed by atoms with E-state index in [0.29, 0.717) is 0 Å². The Labute approximate surface area is 932 Å². The molecular formula is H52Ca25O4S. The summed E-state index contributed by atoms with van der Waals surface area (Å²) in [6.45, 7) is 0. The van der Waals surface area contributed by atoms with Gasteiger partial charge in [-0.1, -0.05) is 0 Å². The van der Waals surface area contributed by atoms with Gasteiger partial charge in [-0.25, -0.2) is 0 Å². The van der Waals surface area contributed by atoms with Gasteiger partial charge in [0.2, 0.25) is 0 Å². The normalized spacial score (nSPS) is 1.93. The summed E-state index contributed by atoms with van der Waals surface area (Å²) in [6.07, 6.45) is 0. The molecule has 0 radical (unpaired) electrons. The number of hydrogen-bond acceptors (Lipinski definition) is 2. The van der Waals surface area contributed by atoms with Crippen molar-refractivity contribution in [3.8, 4) is 0 Å². The Balaban J connectivity index is -0.000000000267. The van der Waals surface area contributed by atoms with Crippen molar-refractivity contribution in [1.29, 1.82) is 0 Å². The third-order valence-electron chi connectivity index (χ3n) is 0. The van der Waals surface area contributed by atoms with Crippen LogP contribution in [0.1, 0.15) is 0 Å². The van der Waals surface area contributed by atoms with Crippen LogP contribution in [0.25, 0.3) is 0 Å². The van der Waals surface area contributed by atoms with E-state index in [2.05, 4.69) is 0 Å². The second kappa shape index (κ2) is 152. The number of rotatable bonds is 0. The third kappa shape index (κ3) is 206. The average molecular weight is 1150 g/mol. The average Bonchev–Trinajstić information content (AvgIpc) is 0.722. The first-order valence-corrected chi connectivity index (χ1v) is 2.10. The molecule has 30 heavy (non-hydrogen) atoms. The minimum atomic E-state index is -4.67. The summed E-state index contributed by atoms with van der Waals surface area (Å²) < 4.78 is 31.6. The molecule has 132 valence electrons. The zero-order valence-corrected chi connectivity index (χ0v) is 2.94. The molecular weight excluding hydrogens is 1100 g/mol. The summed E-state index contributed by atoms with van der Waals surface area (Å²) in [6, 6.07) is 0. The number of hydrogen-bond donors (Lipinski definition) is 2. The Morgan fingerprint density at radius 2 is 0.233 bits per heavy atom. The Bertz CT molecular complexity index is 106. The van der Waals surface area contributed by atoms with Crippen molar-refractivity contribution in [1.82, 2.24) is 0 Å². The Kier molecular flexibility index (Phi) is 908. The van der Waals surface area contributed by atoms with Crippen molar-refractivity contribution < 1.29 is 17.5 Å². The van der Waals surface area contributed by atoms with Gasteiger partial charge in [-0.2, -0.15) is 8.42 Å². The molecule has 0 aliphatic heterocycles. The van der Waals surface area contributed by atoms with Gasteiger partial charge in [-0.05, 0) is 0 Å². The summed E-state index contributed by atoms with van der Waals surface area (Å²) >= 11 is 0. The molecule has 0 aromatic rings. The topological polar surface area (TPSA) is 74.6 Å². The summed E-state index contributed by atoms with van der Waals surface area (Å²) in [5.41, 5.74) is 0. The Hall–Kier alpha value is 31.4. The van der Waals surface area contributed by atoms with Crippen LogP contribution in [-0.2, 0) is 10.4 Å². The molecule has 0 spiro atoms. The monoisotopic (exact) mass is 1150 g/mol. The molecule has 0 amide bonds. The quantitative estimate of drug-likeness (QED) is 0.187. The molecule has 2 N–H and O–H groups in total. The van der Waals surface area contributed by atoms with E-state index >= 15 is 0 Å². The predicted octanol–water partition coefficient (Wildman–Crippen LogP) is -23.6. The van der Waals surface area contributed by atoms with E-state index in [4.69, 9.17) is 17.5 Å². The Morgan fingerprint density at radius 3 is 0.233 bits per heavy atom. The van der Waals surface area contributed by atoms with E-state index in [1.165, 1.54) is 0 Å². The van der Waals surface area contributed by atoms with Crippen molar-refractivity contribution in [2.45, 2.75) is 0 Å². The minimum absolute atomic E-state index is 0. The van der Waals surface area contributed by atoms with Crippen LogP contribution in [0.15, 0.2) is 0 Å². The van der Waals surface area contributed by atoms with E-state index in [-0.39, 0.29) is 943 Å². The van der Waals surface area contributed by atoms with Gasteiger partial charge in [-0.3, -0.25) is 9.11 Å². The first-order valence-electron chi connectivity index (χ1n) is 0.698. The van der Waals surface area contributed by atoms with Gasteiger partial charge >= 0.3 is 954 Å². The van der Waals surface area contributed by atoms with Gasteiger partial charge in [0.1, 0.15) is 0 Å². The maximum absolute atomic E-state index is 8.74. The van der Waals surface area contributed by atoms with Crippen LogP contribution in [0.5, 0.6) is 0 Å². The van der Waals surface area contributed by atoms with Crippen molar-refractivity contribution >= 4 is 954 Å². The molecule has 4 nitrogen and oxygen atoms in total. The third-order valence-corrected chi connectivity index (χ3v) is 0. The summed E-state index contributed by atoms with van der Waals surface area (Å²) in [7, 11) is -4.67. The van der Waals surface area contributed by atoms with Crippen LogP contribution in [0.4, 0.5) is 0 Å². The summed E-state index contributed by atoms with van der Waals surface area (Å²) in [5.74, 6) is 0. The molecule has 0 rings (SSSR count). The fourth-order valence-corrected chi connectivity index (χ4v) is 0. The zero-order valence-electron chi connectivity index (χ0n) is 2.12. The molecule has 0 aromatic heterocycles.